The first kappa shape index (κ1) is 16.9. The molecule has 4 nitrogen and oxygen atoms in total. The van der Waals surface area contributed by atoms with Crippen LogP contribution in [0.5, 0.6) is 5.75 Å². The van der Waals surface area contributed by atoms with Crippen LogP contribution in [0, 0.1) is 24.7 Å². The van der Waals surface area contributed by atoms with Crippen LogP contribution in [0.2, 0.25) is 0 Å². The predicted octanol–water partition coefficient (Wildman–Crippen LogP) is 3.21. The summed E-state index contributed by atoms with van der Waals surface area (Å²) in [4.78, 5) is 12.9. The summed E-state index contributed by atoms with van der Waals surface area (Å²) in [6.07, 6.45) is 4.92. The Morgan fingerprint density at radius 1 is 1.24 bits per heavy atom. The molecule has 0 spiro atoms. The lowest BCUT2D eigenvalue weighted by atomic mass is 9.52. The van der Waals surface area contributed by atoms with Crippen molar-refractivity contribution in [2.45, 2.75) is 70.1 Å². The van der Waals surface area contributed by atoms with Gasteiger partial charge in [-0.15, -0.1) is 0 Å². The molecule has 4 aliphatic rings. The van der Waals surface area contributed by atoms with Gasteiger partial charge in [0.15, 0.2) is 5.60 Å². The van der Waals surface area contributed by atoms with Crippen molar-refractivity contribution in [3.8, 4) is 5.75 Å². The van der Waals surface area contributed by atoms with Gasteiger partial charge in [0.25, 0.3) is 5.91 Å². The molecule has 5 rings (SSSR count). The van der Waals surface area contributed by atoms with Crippen LogP contribution in [0.3, 0.4) is 0 Å². The smallest absolute Gasteiger partial charge is 0.263 e. The number of nitrogens with one attached hydrogen (secondary N) is 1. The van der Waals surface area contributed by atoms with E-state index in [9.17, 15) is 9.90 Å². The van der Waals surface area contributed by atoms with E-state index >= 15 is 0 Å². The normalized spacial score (nSPS) is 36.3. The fraction of sp³-hybridized carbons (Fsp3) is 0.667. The van der Waals surface area contributed by atoms with Crippen LogP contribution in [0.1, 0.15) is 51.5 Å². The zero-order chi connectivity index (χ0) is 17.8. The van der Waals surface area contributed by atoms with Gasteiger partial charge in [-0.2, -0.15) is 0 Å². The molecule has 4 heteroatoms. The molecular weight excluding hydrogens is 314 g/mol. The molecule has 0 aromatic heterocycles. The summed E-state index contributed by atoms with van der Waals surface area (Å²) in [5, 5.41) is 14.0. The summed E-state index contributed by atoms with van der Waals surface area (Å²) in [7, 11) is 0. The molecule has 1 aromatic rings. The molecule has 1 aromatic carbocycles. The zero-order valence-electron chi connectivity index (χ0n) is 15.4. The Bertz CT molecular complexity index is 667. The Kier molecular flexibility index (Phi) is 3.87. The largest absolute Gasteiger partial charge is 0.478 e. The van der Waals surface area contributed by atoms with E-state index in [2.05, 4.69) is 5.32 Å². The second-order valence-corrected chi connectivity index (χ2v) is 9.12. The van der Waals surface area contributed by atoms with Crippen molar-refractivity contribution in [2.75, 3.05) is 0 Å². The highest BCUT2D eigenvalue weighted by Gasteiger charge is 2.55. The van der Waals surface area contributed by atoms with E-state index in [-0.39, 0.29) is 11.9 Å². The maximum absolute atomic E-state index is 12.9. The van der Waals surface area contributed by atoms with E-state index in [1.54, 1.807) is 0 Å². The average molecular weight is 343 g/mol. The summed E-state index contributed by atoms with van der Waals surface area (Å²) < 4.78 is 6.00. The minimum atomic E-state index is -0.917. The Balaban J connectivity index is 1.44. The maximum Gasteiger partial charge on any atom is 0.263 e. The zero-order valence-corrected chi connectivity index (χ0v) is 15.4. The lowest BCUT2D eigenvalue weighted by Crippen LogP contribution is -2.63. The van der Waals surface area contributed by atoms with Gasteiger partial charge in [0.1, 0.15) is 5.75 Å². The van der Waals surface area contributed by atoms with E-state index in [0.29, 0.717) is 17.8 Å². The average Bonchev–Trinajstić information content (AvgIpc) is 2.48. The summed E-state index contributed by atoms with van der Waals surface area (Å²) in [5.74, 6) is 2.13. The molecule has 0 radical (unpaired) electrons. The van der Waals surface area contributed by atoms with Gasteiger partial charge < -0.3 is 15.2 Å². The van der Waals surface area contributed by atoms with E-state index in [1.165, 1.54) is 0 Å². The van der Waals surface area contributed by atoms with Crippen LogP contribution in [0.25, 0.3) is 0 Å². The standard InChI is InChI=1S/C21H29NO3/c1-13-5-4-6-17(7-13)25-20(2,3)19(23)22-18-15-8-14-9-16(18)12-21(24,10-14)11-15/h4-7,14-16,18,24H,8-12H2,1-3H3,(H,22,23)/t14?,15-,16+,18?,21?. The molecule has 25 heavy (non-hydrogen) atoms. The molecule has 5 atom stereocenters. The van der Waals surface area contributed by atoms with Crippen LogP contribution < -0.4 is 10.1 Å². The summed E-state index contributed by atoms with van der Waals surface area (Å²) in [5.41, 5.74) is -0.270. The highest BCUT2D eigenvalue weighted by molar-refractivity contribution is 5.85. The third-order valence-corrected chi connectivity index (χ3v) is 6.45. The highest BCUT2D eigenvalue weighted by Crippen LogP contribution is 2.55. The number of hydrogen-bond donors (Lipinski definition) is 2. The second-order valence-electron chi connectivity index (χ2n) is 9.12. The molecule has 4 fully saturated rings. The van der Waals surface area contributed by atoms with E-state index < -0.39 is 11.2 Å². The minimum absolute atomic E-state index is 0.0570. The van der Waals surface area contributed by atoms with Crippen LogP contribution in [0.4, 0.5) is 0 Å². The monoisotopic (exact) mass is 343 g/mol. The molecule has 3 unspecified atom stereocenters. The highest BCUT2D eigenvalue weighted by atomic mass is 16.5. The van der Waals surface area contributed by atoms with Gasteiger partial charge >= 0.3 is 0 Å². The minimum Gasteiger partial charge on any atom is -0.478 e. The van der Waals surface area contributed by atoms with Gasteiger partial charge in [-0.25, -0.2) is 0 Å². The SMILES string of the molecule is Cc1cccc(OC(C)(C)C(=O)NC2[C@@H]3CC4C[C@H]2CC(O)(C4)C3)c1. The molecule has 2 N–H and O–H groups in total. The number of carbonyl (C=O) groups is 1. The number of amides is 1. The molecule has 4 bridgehead atoms. The number of hydrogen-bond acceptors (Lipinski definition) is 3. The number of benzene rings is 1. The van der Waals surface area contributed by atoms with Crippen molar-refractivity contribution < 1.29 is 14.6 Å². The van der Waals surface area contributed by atoms with Crippen molar-refractivity contribution in [1.82, 2.24) is 5.32 Å². The predicted molar refractivity (Wildman–Crippen MR) is 96.3 cm³/mol. The van der Waals surface area contributed by atoms with Crippen molar-refractivity contribution in [3.05, 3.63) is 29.8 Å². The molecule has 4 aliphatic carbocycles. The maximum atomic E-state index is 12.9. The first-order chi connectivity index (χ1) is 11.7. The van der Waals surface area contributed by atoms with Crippen molar-refractivity contribution in [1.29, 1.82) is 0 Å². The molecular formula is C21H29NO3. The van der Waals surface area contributed by atoms with Gasteiger partial charge in [0.2, 0.25) is 0 Å². The van der Waals surface area contributed by atoms with Crippen molar-refractivity contribution >= 4 is 5.91 Å². The summed E-state index contributed by atoms with van der Waals surface area (Å²) >= 11 is 0. The number of aryl methyl sites for hydroxylation is 1. The Labute approximate surface area is 150 Å². The van der Waals surface area contributed by atoms with Gasteiger partial charge in [0.05, 0.1) is 5.60 Å². The van der Waals surface area contributed by atoms with E-state index in [4.69, 9.17) is 4.74 Å². The topological polar surface area (TPSA) is 58.6 Å². The van der Waals surface area contributed by atoms with E-state index in [1.807, 2.05) is 45.0 Å². The summed E-state index contributed by atoms with van der Waals surface area (Å²) in [6.45, 7) is 5.67. The van der Waals surface area contributed by atoms with Crippen LogP contribution >= 0.6 is 0 Å². The van der Waals surface area contributed by atoms with Crippen LogP contribution in [-0.4, -0.2) is 28.3 Å². The van der Waals surface area contributed by atoms with Gasteiger partial charge in [0, 0.05) is 6.04 Å². The number of carbonyl (C=O) groups excluding carboxylic acids is 1. The molecule has 136 valence electrons. The fourth-order valence-corrected chi connectivity index (χ4v) is 5.56. The lowest BCUT2D eigenvalue weighted by Gasteiger charge is -2.58. The molecule has 0 aliphatic heterocycles. The first-order valence-corrected chi connectivity index (χ1v) is 9.53. The molecule has 0 saturated heterocycles. The second kappa shape index (κ2) is 5.73. The third-order valence-electron chi connectivity index (χ3n) is 6.45. The lowest BCUT2D eigenvalue weighted by molar-refractivity contribution is -0.152. The van der Waals surface area contributed by atoms with Crippen molar-refractivity contribution in [3.63, 3.8) is 0 Å². The van der Waals surface area contributed by atoms with Gasteiger partial charge in [-0.1, -0.05) is 12.1 Å². The Morgan fingerprint density at radius 2 is 1.92 bits per heavy atom. The molecule has 0 heterocycles. The van der Waals surface area contributed by atoms with E-state index in [0.717, 1.165) is 43.4 Å². The number of ether oxygens (including phenoxy) is 1. The Hall–Kier alpha value is -1.55. The quantitative estimate of drug-likeness (QED) is 0.882. The van der Waals surface area contributed by atoms with Crippen LogP contribution in [0.15, 0.2) is 24.3 Å². The van der Waals surface area contributed by atoms with Gasteiger partial charge in [-0.3, -0.25) is 4.79 Å². The first-order valence-electron chi connectivity index (χ1n) is 9.53. The molecule has 4 saturated carbocycles. The summed E-state index contributed by atoms with van der Waals surface area (Å²) in [6, 6.07) is 7.98. The molecule has 1 amide bonds. The number of aliphatic hydroxyl groups is 1. The Morgan fingerprint density at radius 3 is 2.52 bits per heavy atom. The van der Waals surface area contributed by atoms with Crippen molar-refractivity contribution in [2.24, 2.45) is 17.8 Å². The third kappa shape index (κ3) is 3.17. The fourth-order valence-electron chi connectivity index (χ4n) is 5.56. The van der Waals surface area contributed by atoms with Crippen LogP contribution in [-0.2, 0) is 4.79 Å². The number of rotatable bonds is 4. The van der Waals surface area contributed by atoms with Gasteiger partial charge in [-0.05, 0) is 88.3 Å².